The Balaban J connectivity index is 2.83. The van der Waals surface area contributed by atoms with Gasteiger partial charge in [0.2, 0.25) is 0 Å². The summed E-state index contributed by atoms with van der Waals surface area (Å²) in [5, 5.41) is 16.5. The Morgan fingerprint density at radius 2 is 2.00 bits per heavy atom. The number of hydrogen-bond acceptors (Lipinski definition) is 4. The van der Waals surface area contributed by atoms with Gasteiger partial charge in [0.15, 0.2) is 0 Å². The summed E-state index contributed by atoms with van der Waals surface area (Å²) in [7, 11) is 1.61. The Bertz CT molecular complexity index is 485. The van der Waals surface area contributed by atoms with Crippen molar-refractivity contribution in [2.75, 3.05) is 18.9 Å². The largest absolute Gasteiger partial charge is 0.383 e. The van der Waals surface area contributed by atoms with Crippen LogP contribution in [0.25, 0.3) is 0 Å². The van der Waals surface area contributed by atoms with E-state index in [1.807, 2.05) is 0 Å². The molecule has 1 rings (SSSR count). The zero-order valence-corrected chi connectivity index (χ0v) is 12.1. The molecule has 0 fully saturated rings. The van der Waals surface area contributed by atoms with Gasteiger partial charge in [-0.2, -0.15) is 0 Å². The Hall–Kier alpha value is -2.11. The van der Waals surface area contributed by atoms with Crippen molar-refractivity contribution in [3.8, 4) is 0 Å². The molecule has 0 bridgehead atoms. The number of nitro benzene ring substituents is 1. The molecular weight excluding hydrogens is 258 g/mol. The lowest BCUT2D eigenvalue weighted by molar-refractivity contribution is -0.384. The summed E-state index contributed by atoms with van der Waals surface area (Å²) in [5.41, 5.74) is 0.607. The van der Waals surface area contributed by atoms with Gasteiger partial charge in [-0.1, -0.05) is 26.7 Å². The van der Waals surface area contributed by atoms with Crippen LogP contribution >= 0.6 is 0 Å². The summed E-state index contributed by atoms with van der Waals surface area (Å²) >= 11 is 0. The summed E-state index contributed by atoms with van der Waals surface area (Å²) in [6.45, 7) is 4.74. The lowest BCUT2D eigenvalue weighted by Gasteiger charge is -2.13. The van der Waals surface area contributed by atoms with Gasteiger partial charge in [0.25, 0.3) is 11.6 Å². The molecule has 0 saturated carbocycles. The van der Waals surface area contributed by atoms with Gasteiger partial charge >= 0.3 is 0 Å². The van der Waals surface area contributed by atoms with Crippen molar-refractivity contribution in [2.45, 2.75) is 26.7 Å². The number of carbonyl (C=O) groups excluding carboxylic acids is 1. The van der Waals surface area contributed by atoms with Crippen molar-refractivity contribution < 1.29 is 9.72 Å². The van der Waals surface area contributed by atoms with Gasteiger partial charge in [-0.05, 0) is 18.1 Å². The molecule has 0 saturated heterocycles. The molecule has 1 aromatic carbocycles. The van der Waals surface area contributed by atoms with E-state index >= 15 is 0 Å². The highest BCUT2D eigenvalue weighted by Crippen LogP contribution is 2.24. The first-order chi connectivity index (χ1) is 9.53. The van der Waals surface area contributed by atoms with Crippen LogP contribution in [-0.4, -0.2) is 24.4 Å². The molecule has 110 valence electrons. The monoisotopic (exact) mass is 279 g/mol. The number of anilines is 1. The second kappa shape index (κ2) is 7.47. The van der Waals surface area contributed by atoms with E-state index in [9.17, 15) is 14.9 Å². The molecule has 2 N–H and O–H groups in total. The molecule has 0 radical (unpaired) electrons. The van der Waals surface area contributed by atoms with Gasteiger partial charge in [-0.15, -0.1) is 0 Å². The standard InChI is InChI=1S/C14H21N3O3/c1-4-10(5-2)9-16-14(18)11-6-7-12(15-3)13(8-11)17(19)20/h6-8,10,15H,4-5,9H2,1-3H3,(H,16,18). The highest BCUT2D eigenvalue weighted by molar-refractivity contribution is 5.95. The van der Waals surface area contributed by atoms with E-state index in [1.165, 1.54) is 6.07 Å². The predicted octanol–water partition coefficient (Wildman–Crippen LogP) is 2.80. The number of nitrogens with zero attached hydrogens (tertiary/aromatic N) is 1. The van der Waals surface area contributed by atoms with Crippen molar-refractivity contribution >= 4 is 17.3 Å². The molecule has 0 unspecified atom stereocenters. The quantitative estimate of drug-likeness (QED) is 0.593. The van der Waals surface area contributed by atoms with Crippen LogP contribution in [0.5, 0.6) is 0 Å². The SMILES string of the molecule is CCC(CC)CNC(=O)c1ccc(NC)c([N+](=O)[O-])c1. The van der Waals surface area contributed by atoms with Crippen molar-refractivity contribution in [3.63, 3.8) is 0 Å². The second-order valence-corrected chi connectivity index (χ2v) is 4.63. The lowest BCUT2D eigenvalue weighted by Crippen LogP contribution is -2.28. The van der Waals surface area contributed by atoms with Crippen LogP contribution in [0.3, 0.4) is 0 Å². The number of amides is 1. The van der Waals surface area contributed by atoms with Crippen LogP contribution in [0.15, 0.2) is 18.2 Å². The first kappa shape index (κ1) is 15.9. The van der Waals surface area contributed by atoms with E-state index < -0.39 is 4.92 Å². The summed E-state index contributed by atoms with van der Waals surface area (Å²) in [5.74, 6) is 0.160. The zero-order chi connectivity index (χ0) is 15.1. The molecule has 0 aromatic heterocycles. The van der Waals surface area contributed by atoms with Crippen LogP contribution < -0.4 is 10.6 Å². The molecule has 0 aliphatic rings. The van der Waals surface area contributed by atoms with Crippen LogP contribution in [-0.2, 0) is 0 Å². The molecule has 6 heteroatoms. The molecule has 0 heterocycles. The summed E-state index contributed by atoms with van der Waals surface area (Å²) in [4.78, 5) is 22.5. The molecule has 1 amide bonds. The Labute approximate surface area is 118 Å². The molecule has 0 spiro atoms. The highest BCUT2D eigenvalue weighted by Gasteiger charge is 2.17. The van der Waals surface area contributed by atoms with E-state index in [4.69, 9.17) is 0 Å². The van der Waals surface area contributed by atoms with Crippen molar-refractivity contribution in [2.24, 2.45) is 5.92 Å². The van der Waals surface area contributed by atoms with E-state index in [1.54, 1.807) is 19.2 Å². The maximum Gasteiger partial charge on any atom is 0.293 e. The van der Waals surface area contributed by atoms with Crippen molar-refractivity contribution in [3.05, 3.63) is 33.9 Å². The second-order valence-electron chi connectivity index (χ2n) is 4.63. The normalized spacial score (nSPS) is 10.4. The molecule has 0 aliphatic carbocycles. The lowest BCUT2D eigenvalue weighted by atomic mass is 10.0. The number of rotatable bonds is 7. The summed E-state index contributed by atoms with van der Waals surface area (Å²) < 4.78 is 0. The Kier molecular flexibility index (Phi) is 5.96. The minimum atomic E-state index is -0.497. The smallest absolute Gasteiger partial charge is 0.293 e. The number of benzene rings is 1. The van der Waals surface area contributed by atoms with Crippen LogP contribution in [0.4, 0.5) is 11.4 Å². The van der Waals surface area contributed by atoms with Gasteiger partial charge in [0, 0.05) is 25.2 Å². The van der Waals surface area contributed by atoms with Gasteiger partial charge in [-0.25, -0.2) is 0 Å². The molecule has 0 aliphatic heterocycles. The molecule has 20 heavy (non-hydrogen) atoms. The topological polar surface area (TPSA) is 84.3 Å². The first-order valence-corrected chi connectivity index (χ1v) is 6.77. The Morgan fingerprint density at radius 3 is 2.50 bits per heavy atom. The fourth-order valence-electron chi connectivity index (χ4n) is 1.95. The number of nitro groups is 1. The van der Waals surface area contributed by atoms with Crippen molar-refractivity contribution in [1.82, 2.24) is 5.32 Å². The molecule has 1 aromatic rings. The van der Waals surface area contributed by atoms with Crippen molar-refractivity contribution in [1.29, 1.82) is 0 Å². The van der Waals surface area contributed by atoms with Crippen LogP contribution in [0.1, 0.15) is 37.0 Å². The third kappa shape index (κ3) is 3.94. The summed E-state index contributed by atoms with van der Waals surface area (Å²) in [6, 6.07) is 4.43. The molecular formula is C14H21N3O3. The third-order valence-electron chi connectivity index (χ3n) is 3.43. The number of hydrogen-bond donors (Lipinski definition) is 2. The van der Waals surface area contributed by atoms with E-state index in [2.05, 4.69) is 24.5 Å². The van der Waals surface area contributed by atoms with E-state index in [0.29, 0.717) is 23.7 Å². The minimum Gasteiger partial charge on any atom is -0.383 e. The van der Waals surface area contributed by atoms with E-state index in [0.717, 1.165) is 12.8 Å². The average Bonchev–Trinajstić information content (AvgIpc) is 2.47. The minimum absolute atomic E-state index is 0.0947. The van der Waals surface area contributed by atoms with Crippen LogP contribution in [0.2, 0.25) is 0 Å². The maximum absolute atomic E-state index is 12.0. The third-order valence-corrected chi connectivity index (χ3v) is 3.43. The number of carbonyl (C=O) groups is 1. The van der Waals surface area contributed by atoms with E-state index in [-0.39, 0.29) is 11.6 Å². The van der Waals surface area contributed by atoms with Gasteiger partial charge < -0.3 is 10.6 Å². The Morgan fingerprint density at radius 1 is 1.35 bits per heavy atom. The maximum atomic E-state index is 12.0. The number of nitrogens with one attached hydrogen (secondary N) is 2. The fourth-order valence-corrected chi connectivity index (χ4v) is 1.95. The summed E-state index contributed by atoms with van der Waals surface area (Å²) in [6.07, 6.45) is 1.99. The zero-order valence-electron chi connectivity index (χ0n) is 12.1. The molecule has 6 nitrogen and oxygen atoms in total. The molecule has 0 atom stereocenters. The highest BCUT2D eigenvalue weighted by atomic mass is 16.6. The fraction of sp³-hybridized carbons (Fsp3) is 0.500. The predicted molar refractivity (Wildman–Crippen MR) is 79.0 cm³/mol. The van der Waals surface area contributed by atoms with Gasteiger partial charge in [0.05, 0.1) is 4.92 Å². The average molecular weight is 279 g/mol. The van der Waals surface area contributed by atoms with Gasteiger partial charge in [-0.3, -0.25) is 14.9 Å². The van der Waals surface area contributed by atoms with Gasteiger partial charge in [0.1, 0.15) is 5.69 Å². The van der Waals surface area contributed by atoms with Crippen LogP contribution in [0, 0.1) is 16.0 Å². The first-order valence-electron chi connectivity index (χ1n) is 6.77.